The summed E-state index contributed by atoms with van der Waals surface area (Å²) in [5.41, 5.74) is 0. The van der Waals surface area contributed by atoms with E-state index in [1.807, 2.05) is 13.8 Å². The highest BCUT2D eigenvalue weighted by Gasteiger charge is 2.03. The molecule has 0 N–H and O–H groups in total. The van der Waals surface area contributed by atoms with Crippen molar-refractivity contribution in [3.8, 4) is 0 Å². The summed E-state index contributed by atoms with van der Waals surface area (Å²) in [4.78, 5) is 0. The maximum atomic E-state index is 4.19. The predicted octanol–water partition coefficient (Wildman–Crippen LogP) is 2.34. The first kappa shape index (κ1) is 9.31. The van der Waals surface area contributed by atoms with Crippen molar-refractivity contribution in [3.63, 3.8) is 0 Å². The lowest BCUT2D eigenvalue weighted by Crippen LogP contribution is -2.19. The lowest BCUT2D eigenvalue weighted by atomic mass is 10.2. The summed E-state index contributed by atoms with van der Waals surface area (Å²) >= 11 is 4.19. The topological polar surface area (TPSA) is 3.24 Å². The molecule has 0 atom stereocenters. The van der Waals surface area contributed by atoms with Gasteiger partial charge < -0.3 is 0 Å². The molecule has 1 aliphatic rings. The fraction of sp³-hybridized carbons (Fsp3) is 1.00. The highest BCUT2D eigenvalue weighted by atomic mass is 32.1. The Hall–Kier alpha value is 0.310. The number of thiol groups is 1. The minimum absolute atomic E-state index is 1.18. The van der Waals surface area contributed by atoms with Crippen molar-refractivity contribution in [3.05, 3.63) is 0 Å². The lowest BCUT2D eigenvalue weighted by molar-refractivity contribution is 0.385. The lowest BCUT2D eigenvalue weighted by Gasteiger charge is -2.19. The van der Waals surface area contributed by atoms with Crippen molar-refractivity contribution < 1.29 is 0 Å². The van der Waals surface area contributed by atoms with Crippen LogP contribution in [0, 0.1) is 0 Å². The van der Waals surface area contributed by atoms with Crippen LogP contribution in [0.3, 0.4) is 0 Å². The summed E-state index contributed by atoms with van der Waals surface area (Å²) in [6, 6.07) is 0. The quantitative estimate of drug-likeness (QED) is 0.515. The van der Waals surface area contributed by atoms with Crippen LogP contribution in [0.1, 0.15) is 33.1 Å². The number of nitrogens with zero attached hydrogens (tertiary/aromatic N) is 1. The molecular formula is C7H17NS. The molecule has 9 heavy (non-hydrogen) atoms. The van der Waals surface area contributed by atoms with E-state index in [2.05, 4.69) is 17.1 Å². The molecule has 56 valence electrons. The minimum Gasteiger partial charge on any atom is -0.253 e. The summed E-state index contributed by atoms with van der Waals surface area (Å²) in [7, 11) is 0. The number of hydrogen-bond acceptors (Lipinski definition) is 2. The van der Waals surface area contributed by atoms with Gasteiger partial charge in [0.1, 0.15) is 0 Å². The third-order valence-corrected chi connectivity index (χ3v) is 1.73. The molecule has 1 aliphatic heterocycles. The molecule has 0 spiro atoms. The third kappa shape index (κ3) is 4.79. The van der Waals surface area contributed by atoms with Crippen LogP contribution in [-0.4, -0.2) is 17.4 Å². The van der Waals surface area contributed by atoms with Crippen molar-refractivity contribution in [2.24, 2.45) is 0 Å². The Kier molecular flexibility index (Phi) is 6.65. The van der Waals surface area contributed by atoms with Crippen molar-refractivity contribution >= 4 is 12.8 Å². The Bertz CT molecular complexity index is 50.9. The largest absolute Gasteiger partial charge is 0.253 e. The van der Waals surface area contributed by atoms with Gasteiger partial charge in [-0.1, -0.05) is 33.1 Å². The fourth-order valence-electron chi connectivity index (χ4n) is 0.877. The molecule has 0 bridgehead atoms. The number of piperidine rings is 1. The molecule has 0 amide bonds. The zero-order chi connectivity index (χ0) is 7.11. The number of hydrogen-bond donors (Lipinski definition) is 1. The van der Waals surface area contributed by atoms with Gasteiger partial charge in [0.05, 0.1) is 0 Å². The van der Waals surface area contributed by atoms with E-state index in [1.54, 1.807) is 0 Å². The molecule has 0 radical (unpaired) electrons. The Morgan fingerprint density at radius 3 is 1.67 bits per heavy atom. The molecule has 0 aromatic rings. The van der Waals surface area contributed by atoms with Crippen molar-refractivity contribution in [1.29, 1.82) is 0 Å². The maximum absolute atomic E-state index is 4.19. The van der Waals surface area contributed by atoms with Gasteiger partial charge in [-0.05, 0) is 12.8 Å². The maximum Gasteiger partial charge on any atom is 0.00869 e. The molecule has 2 heteroatoms. The van der Waals surface area contributed by atoms with E-state index in [9.17, 15) is 0 Å². The van der Waals surface area contributed by atoms with Crippen LogP contribution >= 0.6 is 12.8 Å². The summed E-state index contributed by atoms with van der Waals surface area (Å²) in [6.07, 6.45) is 4.07. The second-order valence-electron chi connectivity index (χ2n) is 2.01. The van der Waals surface area contributed by atoms with Gasteiger partial charge in [0, 0.05) is 13.1 Å². The second-order valence-corrected chi connectivity index (χ2v) is 2.58. The van der Waals surface area contributed by atoms with Gasteiger partial charge in [-0.2, -0.15) is 0 Å². The van der Waals surface area contributed by atoms with Crippen LogP contribution < -0.4 is 0 Å². The first-order valence-electron chi connectivity index (χ1n) is 3.83. The molecule has 1 nitrogen and oxygen atoms in total. The van der Waals surface area contributed by atoms with E-state index in [4.69, 9.17) is 0 Å². The Morgan fingerprint density at radius 2 is 1.44 bits per heavy atom. The molecule has 0 saturated carbocycles. The monoisotopic (exact) mass is 147 g/mol. The van der Waals surface area contributed by atoms with E-state index in [0.717, 1.165) is 0 Å². The molecule has 1 rings (SSSR count). The van der Waals surface area contributed by atoms with Gasteiger partial charge in [-0.15, -0.1) is 0 Å². The molecule has 1 saturated heterocycles. The van der Waals surface area contributed by atoms with E-state index < -0.39 is 0 Å². The van der Waals surface area contributed by atoms with Crippen LogP contribution in [0.4, 0.5) is 0 Å². The molecule has 0 aromatic heterocycles. The smallest absolute Gasteiger partial charge is 0.00869 e. The van der Waals surface area contributed by atoms with Gasteiger partial charge >= 0.3 is 0 Å². The van der Waals surface area contributed by atoms with E-state index in [-0.39, 0.29) is 0 Å². The molecule has 1 heterocycles. The molecule has 0 unspecified atom stereocenters. The van der Waals surface area contributed by atoms with Crippen LogP contribution in [0.5, 0.6) is 0 Å². The van der Waals surface area contributed by atoms with Gasteiger partial charge in [0.2, 0.25) is 0 Å². The van der Waals surface area contributed by atoms with Gasteiger partial charge in [-0.25, -0.2) is 0 Å². The summed E-state index contributed by atoms with van der Waals surface area (Å²) in [5.74, 6) is 0. The average molecular weight is 147 g/mol. The SMILES string of the molecule is CC.SN1CCCCC1. The van der Waals surface area contributed by atoms with E-state index in [0.29, 0.717) is 0 Å². The van der Waals surface area contributed by atoms with Crippen molar-refractivity contribution in [2.75, 3.05) is 13.1 Å². The molecular weight excluding hydrogens is 130 g/mol. The van der Waals surface area contributed by atoms with Crippen molar-refractivity contribution in [2.45, 2.75) is 33.1 Å². The zero-order valence-electron chi connectivity index (χ0n) is 6.43. The fourth-order valence-corrected chi connectivity index (χ4v) is 1.16. The Morgan fingerprint density at radius 1 is 1.00 bits per heavy atom. The Balaban J connectivity index is 0.000000291. The zero-order valence-corrected chi connectivity index (χ0v) is 7.32. The van der Waals surface area contributed by atoms with Gasteiger partial charge in [-0.3, -0.25) is 4.31 Å². The van der Waals surface area contributed by atoms with E-state index in [1.165, 1.54) is 32.4 Å². The normalized spacial score (nSPS) is 20.3. The highest BCUT2D eigenvalue weighted by Crippen LogP contribution is 2.08. The van der Waals surface area contributed by atoms with Crippen LogP contribution in [0.15, 0.2) is 0 Å². The predicted molar refractivity (Wildman–Crippen MR) is 45.8 cm³/mol. The molecule has 1 fully saturated rings. The minimum atomic E-state index is 1.18. The van der Waals surface area contributed by atoms with Crippen LogP contribution in [-0.2, 0) is 0 Å². The summed E-state index contributed by atoms with van der Waals surface area (Å²) < 4.78 is 2.09. The summed E-state index contributed by atoms with van der Waals surface area (Å²) in [6.45, 7) is 6.37. The van der Waals surface area contributed by atoms with E-state index >= 15 is 0 Å². The van der Waals surface area contributed by atoms with Gasteiger partial charge in [0.15, 0.2) is 0 Å². The van der Waals surface area contributed by atoms with Gasteiger partial charge in [0.25, 0.3) is 0 Å². The van der Waals surface area contributed by atoms with Crippen molar-refractivity contribution in [1.82, 2.24) is 4.31 Å². The van der Waals surface area contributed by atoms with Crippen LogP contribution in [0.25, 0.3) is 0 Å². The molecule has 0 aromatic carbocycles. The average Bonchev–Trinajstić information content (AvgIpc) is 1.94. The third-order valence-electron chi connectivity index (χ3n) is 1.33. The second kappa shape index (κ2) is 6.43. The number of rotatable bonds is 0. The standard InChI is InChI=1S/C5H11NS.C2H6/c7-6-4-2-1-3-5-6;1-2/h7H,1-5H2;1-2H3. The molecule has 0 aliphatic carbocycles. The highest BCUT2D eigenvalue weighted by molar-refractivity contribution is 7.77. The summed E-state index contributed by atoms with van der Waals surface area (Å²) in [5, 5.41) is 0. The Labute approximate surface area is 64.0 Å². The first-order valence-corrected chi connectivity index (χ1v) is 4.23. The van der Waals surface area contributed by atoms with Crippen LogP contribution in [0.2, 0.25) is 0 Å². The first-order chi connectivity index (χ1) is 4.39.